The average Bonchev–Trinajstić information content (AvgIpc) is 2.98. The zero-order valence-corrected chi connectivity index (χ0v) is 15.1. The van der Waals surface area contributed by atoms with E-state index in [9.17, 15) is 20.0 Å². The smallest absolute Gasteiger partial charge is 0.357 e. The number of nitrogens with two attached hydrogens (primary N) is 1. The predicted octanol–water partition coefficient (Wildman–Crippen LogP) is 1.44. The summed E-state index contributed by atoms with van der Waals surface area (Å²) in [6.07, 6.45) is 0.124. The fourth-order valence-electron chi connectivity index (χ4n) is 2.41. The molecule has 1 aromatic heterocycles. The quantitative estimate of drug-likeness (QED) is 0.652. The van der Waals surface area contributed by atoms with Crippen LogP contribution >= 0.6 is 0 Å². The van der Waals surface area contributed by atoms with Crippen LogP contribution in [-0.4, -0.2) is 41.4 Å². The highest BCUT2D eigenvalue weighted by molar-refractivity contribution is 5.98. The number of aliphatic hydroxyl groups is 1. The molecule has 0 aliphatic carbocycles. The number of nitriles is 1. The largest absolute Gasteiger partial charge is 0.494 e. The number of nitrogens with zero attached hydrogens (tertiary/aromatic N) is 2. The number of nitrogen functional groups attached to an aromatic ring is 1. The lowest BCUT2D eigenvalue weighted by molar-refractivity contribution is -0.123. The molecular weight excluding hydrogens is 352 g/mol. The Balaban J connectivity index is 2.71. The number of carbonyl (C=O) groups is 2. The fraction of sp³-hybridized carbons (Fsp3) is 0.278. The van der Waals surface area contributed by atoms with Crippen LogP contribution in [0.1, 0.15) is 29.9 Å². The number of anilines is 2. The summed E-state index contributed by atoms with van der Waals surface area (Å²) >= 11 is 0. The molecule has 9 nitrogen and oxygen atoms in total. The van der Waals surface area contributed by atoms with Crippen molar-refractivity contribution in [3.8, 4) is 17.5 Å². The van der Waals surface area contributed by atoms with Crippen molar-refractivity contribution in [2.45, 2.75) is 20.0 Å². The fourth-order valence-corrected chi connectivity index (χ4v) is 2.41. The van der Waals surface area contributed by atoms with Gasteiger partial charge in [0.1, 0.15) is 17.9 Å². The molecule has 0 spiro atoms. The Labute approximate surface area is 155 Å². The molecule has 0 saturated carbocycles. The summed E-state index contributed by atoms with van der Waals surface area (Å²) in [5, 5.41) is 21.3. The van der Waals surface area contributed by atoms with Crippen molar-refractivity contribution in [1.29, 1.82) is 5.26 Å². The molecular formula is C18H20N4O5. The highest BCUT2D eigenvalue weighted by Gasteiger charge is 2.24. The number of aromatic nitrogens is 1. The first-order valence-electron chi connectivity index (χ1n) is 8.09. The van der Waals surface area contributed by atoms with Crippen molar-refractivity contribution in [2.24, 2.45) is 0 Å². The monoisotopic (exact) mass is 372 g/mol. The third-order valence-corrected chi connectivity index (χ3v) is 3.72. The maximum Gasteiger partial charge on any atom is 0.357 e. The highest BCUT2D eigenvalue weighted by Crippen LogP contribution is 2.31. The number of rotatable bonds is 6. The van der Waals surface area contributed by atoms with E-state index in [2.05, 4.69) is 5.32 Å². The van der Waals surface area contributed by atoms with Gasteiger partial charge in [0.15, 0.2) is 5.69 Å². The normalized spacial score (nSPS) is 11.4. The molecule has 142 valence electrons. The zero-order valence-electron chi connectivity index (χ0n) is 15.1. The van der Waals surface area contributed by atoms with Gasteiger partial charge in [-0.05, 0) is 26.0 Å². The van der Waals surface area contributed by atoms with Crippen LogP contribution in [0.4, 0.5) is 11.4 Å². The van der Waals surface area contributed by atoms with Gasteiger partial charge in [-0.1, -0.05) is 0 Å². The minimum atomic E-state index is -1.24. The molecule has 27 heavy (non-hydrogen) atoms. The van der Waals surface area contributed by atoms with Gasteiger partial charge in [0, 0.05) is 12.3 Å². The van der Waals surface area contributed by atoms with Crippen LogP contribution in [0.3, 0.4) is 0 Å². The second kappa shape index (κ2) is 8.25. The number of carbonyl (C=O) groups excluding carboxylic acids is 2. The summed E-state index contributed by atoms with van der Waals surface area (Å²) in [5.41, 5.74) is 6.50. The summed E-state index contributed by atoms with van der Waals surface area (Å²) in [4.78, 5) is 24.2. The van der Waals surface area contributed by atoms with Crippen molar-refractivity contribution in [1.82, 2.24) is 4.57 Å². The topological polar surface area (TPSA) is 140 Å². The maximum absolute atomic E-state index is 12.2. The number of nitrogens with one attached hydrogen (secondary N) is 1. The van der Waals surface area contributed by atoms with Gasteiger partial charge in [-0.2, -0.15) is 5.26 Å². The first-order chi connectivity index (χ1) is 12.8. The standard InChI is InChI=1S/C18H20N4O5/c1-4-27-12-5-6-13(21-17(24)10(2)23)14(7-12)22-9-11(8-19)15(20)16(22)18(25)26-3/h5-7,9-10,23H,4,20H2,1-3H3,(H,21,24). The van der Waals surface area contributed by atoms with E-state index in [-0.39, 0.29) is 22.6 Å². The third-order valence-electron chi connectivity index (χ3n) is 3.72. The van der Waals surface area contributed by atoms with Crippen molar-refractivity contribution < 1.29 is 24.2 Å². The van der Waals surface area contributed by atoms with Gasteiger partial charge in [-0.3, -0.25) is 4.79 Å². The number of aliphatic hydroxyl groups excluding tert-OH is 1. The number of hydrogen-bond donors (Lipinski definition) is 3. The van der Waals surface area contributed by atoms with E-state index in [4.69, 9.17) is 15.2 Å². The van der Waals surface area contributed by atoms with Crippen LogP contribution in [0.2, 0.25) is 0 Å². The molecule has 2 aromatic rings. The second-order valence-electron chi connectivity index (χ2n) is 5.56. The van der Waals surface area contributed by atoms with E-state index >= 15 is 0 Å². The summed E-state index contributed by atoms with van der Waals surface area (Å²) in [6.45, 7) is 3.54. The van der Waals surface area contributed by atoms with Crippen LogP contribution in [-0.2, 0) is 9.53 Å². The SMILES string of the molecule is CCOc1ccc(NC(=O)C(C)O)c(-n2cc(C#N)c(N)c2C(=O)OC)c1. The molecule has 2 rings (SSSR count). The molecule has 1 atom stereocenters. The van der Waals surface area contributed by atoms with Crippen LogP contribution in [0.25, 0.3) is 5.69 Å². The molecule has 4 N–H and O–H groups in total. The van der Waals surface area contributed by atoms with Crippen LogP contribution in [0, 0.1) is 11.3 Å². The maximum atomic E-state index is 12.2. The Kier molecular flexibility index (Phi) is 6.05. The lowest BCUT2D eigenvalue weighted by Crippen LogP contribution is -2.25. The molecule has 0 bridgehead atoms. The number of ether oxygens (including phenoxy) is 2. The lowest BCUT2D eigenvalue weighted by atomic mass is 10.2. The Morgan fingerprint density at radius 2 is 2.15 bits per heavy atom. The number of amides is 1. The average molecular weight is 372 g/mol. The Morgan fingerprint density at radius 3 is 2.70 bits per heavy atom. The Bertz CT molecular complexity index is 911. The van der Waals surface area contributed by atoms with E-state index in [1.165, 1.54) is 24.8 Å². The minimum absolute atomic E-state index is 0.0426. The van der Waals surface area contributed by atoms with Gasteiger partial charge in [0.05, 0.1) is 36.3 Å². The molecule has 0 saturated heterocycles. The molecule has 0 fully saturated rings. The van der Waals surface area contributed by atoms with E-state index in [0.29, 0.717) is 18.0 Å². The van der Waals surface area contributed by atoms with Crippen LogP contribution < -0.4 is 15.8 Å². The van der Waals surface area contributed by atoms with Crippen molar-refractivity contribution in [2.75, 3.05) is 24.8 Å². The molecule has 0 radical (unpaired) electrons. The highest BCUT2D eigenvalue weighted by atomic mass is 16.5. The Morgan fingerprint density at radius 1 is 1.44 bits per heavy atom. The molecule has 1 aromatic carbocycles. The minimum Gasteiger partial charge on any atom is -0.494 e. The summed E-state index contributed by atoms with van der Waals surface area (Å²) in [5.74, 6) is -0.909. The Hall–Kier alpha value is -3.51. The van der Waals surface area contributed by atoms with Gasteiger partial charge < -0.3 is 30.2 Å². The first-order valence-corrected chi connectivity index (χ1v) is 8.09. The predicted molar refractivity (Wildman–Crippen MR) is 97.7 cm³/mol. The molecule has 1 unspecified atom stereocenters. The number of hydrogen-bond acceptors (Lipinski definition) is 7. The van der Waals surface area contributed by atoms with E-state index in [0.717, 1.165) is 0 Å². The van der Waals surface area contributed by atoms with Crippen molar-refractivity contribution >= 4 is 23.3 Å². The van der Waals surface area contributed by atoms with Crippen molar-refractivity contribution in [3.05, 3.63) is 35.7 Å². The number of methoxy groups -OCH3 is 1. The van der Waals surface area contributed by atoms with E-state index < -0.39 is 18.0 Å². The lowest BCUT2D eigenvalue weighted by Gasteiger charge is -2.16. The molecule has 0 aliphatic heterocycles. The van der Waals surface area contributed by atoms with Gasteiger partial charge >= 0.3 is 5.97 Å². The second-order valence-corrected chi connectivity index (χ2v) is 5.56. The summed E-state index contributed by atoms with van der Waals surface area (Å²) in [7, 11) is 1.19. The summed E-state index contributed by atoms with van der Waals surface area (Å²) < 4.78 is 11.6. The molecule has 1 amide bonds. The van der Waals surface area contributed by atoms with Gasteiger partial charge in [-0.25, -0.2) is 4.79 Å². The number of esters is 1. The molecule has 9 heteroatoms. The van der Waals surface area contributed by atoms with Crippen molar-refractivity contribution in [3.63, 3.8) is 0 Å². The first kappa shape index (κ1) is 19.8. The molecule has 0 aliphatic rings. The van der Waals surface area contributed by atoms with E-state index in [1.807, 2.05) is 13.0 Å². The third kappa shape index (κ3) is 4.02. The van der Waals surface area contributed by atoms with Gasteiger partial charge in [0.2, 0.25) is 0 Å². The van der Waals surface area contributed by atoms with Crippen LogP contribution in [0.5, 0.6) is 5.75 Å². The zero-order chi connectivity index (χ0) is 20.1. The van der Waals surface area contributed by atoms with Crippen LogP contribution in [0.15, 0.2) is 24.4 Å². The number of benzene rings is 1. The molecule has 1 heterocycles. The summed E-state index contributed by atoms with van der Waals surface area (Å²) in [6, 6.07) is 6.67. The van der Waals surface area contributed by atoms with E-state index in [1.54, 1.807) is 18.2 Å². The van der Waals surface area contributed by atoms with Gasteiger partial charge in [-0.15, -0.1) is 0 Å². The van der Waals surface area contributed by atoms with Gasteiger partial charge in [0.25, 0.3) is 5.91 Å².